The van der Waals surface area contributed by atoms with Gasteiger partial charge in [-0.15, -0.1) is 0 Å². The lowest BCUT2D eigenvalue weighted by Gasteiger charge is -2.11. The fourth-order valence-corrected chi connectivity index (χ4v) is 6.28. The minimum atomic E-state index is -3.92. The van der Waals surface area contributed by atoms with E-state index >= 15 is 0 Å². The van der Waals surface area contributed by atoms with Gasteiger partial charge in [-0.3, -0.25) is 0 Å². The topological polar surface area (TPSA) is 93.0 Å². The Bertz CT molecular complexity index is 1140. The van der Waals surface area contributed by atoms with Gasteiger partial charge in [-0.2, -0.15) is 36.1 Å². The van der Waals surface area contributed by atoms with Crippen LogP contribution in [0.3, 0.4) is 0 Å². The van der Waals surface area contributed by atoms with Gasteiger partial charge >= 0.3 is 0 Å². The van der Waals surface area contributed by atoms with Crippen LogP contribution in [0.25, 0.3) is 0 Å². The van der Waals surface area contributed by atoms with Crippen LogP contribution < -0.4 is 0 Å². The molecule has 0 atom stereocenters. The molecule has 0 aromatic heterocycles. The van der Waals surface area contributed by atoms with E-state index in [0.29, 0.717) is 4.86 Å². The normalized spacial score (nSPS) is 13.6. The van der Waals surface area contributed by atoms with E-state index in [9.17, 15) is 16.8 Å². The van der Waals surface area contributed by atoms with Gasteiger partial charge in [0.1, 0.15) is 0 Å². The van der Waals surface area contributed by atoms with Crippen LogP contribution in [0.5, 0.6) is 0 Å². The molecule has 2 aromatic rings. The maximum absolute atomic E-state index is 12.7. The highest BCUT2D eigenvalue weighted by molar-refractivity contribution is 8.17. The second kappa shape index (κ2) is 9.36. The monoisotopic (exact) mass is 466 g/mol. The first-order valence-corrected chi connectivity index (χ1v) is 14.0. The summed E-state index contributed by atoms with van der Waals surface area (Å²) in [5.74, 6) is 0. The zero-order chi connectivity index (χ0) is 22.7. The molecule has 6 nitrogen and oxygen atoms in total. The summed E-state index contributed by atoms with van der Waals surface area (Å²) in [5, 5.41) is 0. The molecule has 0 aliphatic carbocycles. The summed E-state index contributed by atoms with van der Waals surface area (Å²) in [5.41, 5.74) is 2.33. The van der Waals surface area contributed by atoms with Crippen molar-refractivity contribution in [2.45, 2.75) is 37.5 Å². The Morgan fingerprint density at radius 3 is 1.23 bits per heavy atom. The van der Waals surface area contributed by atoms with Crippen molar-refractivity contribution in [2.75, 3.05) is 12.5 Å². The van der Waals surface area contributed by atoms with Crippen LogP contribution >= 0.6 is 10.5 Å². The van der Waals surface area contributed by atoms with Crippen molar-refractivity contribution in [1.82, 2.24) is 0 Å². The van der Waals surface area contributed by atoms with Crippen molar-refractivity contribution in [3.8, 4) is 0 Å². The SMILES string of the molecule is C/C(=N\S(=O)(=O)c1ccc(C)cc1)C(/C(C)=N/S(=O)(=O)c1ccc(C)cc1)=S(C)C. The lowest BCUT2D eigenvalue weighted by Crippen LogP contribution is -2.22. The Balaban J connectivity index is 2.49. The van der Waals surface area contributed by atoms with E-state index in [1.165, 1.54) is 24.3 Å². The Morgan fingerprint density at radius 2 is 0.967 bits per heavy atom. The average molecular weight is 467 g/mol. The number of nitrogens with zero attached hydrogens (tertiary/aromatic N) is 2. The van der Waals surface area contributed by atoms with Crippen LogP contribution in [0.2, 0.25) is 0 Å². The predicted molar refractivity (Wildman–Crippen MR) is 127 cm³/mol. The fraction of sp³-hybridized carbons (Fsp3) is 0.286. The second-order valence-corrected chi connectivity index (χ2v) is 12.3. The van der Waals surface area contributed by atoms with E-state index in [1.807, 2.05) is 26.4 Å². The minimum absolute atomic E-state index is 0.0840. The van der Waals surface area contributed by atoms with Crippen LogP contribution in [-0.2, 0) is 20.0 Å². The summed E-state index contributed by atoms with van der Waals surface area (Å²) >= 11 is 0. The number of aryl methyl sites for hydroxylation is 2. The maximum Gasteiger partial charge on any atom is 0.282 e. The molecule has 0 aliphatic heterocycles. The summed E-state index contributed by atoms with van der Waals surface area (Å²) in [7, 11) is -8.32. The van der Waals surface area contributed by atoms with Crippen molar-refractivity contribution in [3.05, 3.63) is 59.7 Å². The van der Waals surface area contributed by atoms with Gasteiger partial charge < -0.3 is 0 Å². The van der Waals surface area contributed by atoms with Gasteiger partial charge in [-0.05, 0) is 64.5 Å². The highest BCUT2D eigenvalue weighted by Gasteiger charge is 2.19. The van der Waals surface area contributed by atoms with Crippen molar-refractivity contribution < 1.29 is 16.8 Å². The standard InChI is InChI=1S/C21H26N2O4S3/c1-15-7-11-19(12-8-15)29(24,25)22-17(3)21(28(5)6)18(4)23-30(26,27)20-13-9-16(2)10-14-20/h7-14H,1-6H3/b22-17+,23-18+. The molecule has 30 heavy (non-hydrogen) atoms. The first kappa shape index (κ1) is 24.2. The molecule has 2 rings (SSSR count). The molecule has 162 valence electrons. The summed E-state index contributed by atoms with van der Waals surface area (Å²) in [6.45, 7) is 6.85. The van der Waals surface area contributed by atoms with Gasteiger partial charge in [-0.1, -0.05) is 35.4 Å². The summed E-state index contributed by atoms with van der Waals surface area (Å²) in [6, 6.07) is 12.8. The third-order valence-corrected chi connectivity index (χ3v) is 8.39. The lowest BCUT2D eigenvalue weighted by atomic mass is 10.2. The number of benzene rings is 2. The molecule has 0 N–H and O–H groups in total. The van der Waals surface area contributed by atoms with E-state index in [4.69, 9.17) is 0 Å². The molecule has 0 radical (unpaired) electrons. The lowest BCUT2D eigenvalue weighted by molar-refractivity contribution is 0.596. The molecule has 0 saturated heterocycles. The quantitative estimate of drug-likeness (QED) is 0.475. The molecule has 9 heteroatoms. The van der Waals surface area contributed by atoms with Crippen LogP contribution in [0.1, 0.15) is 25.0 Å². The molecule has 0 spiro atoms. The zero-order valence-corrected chi connectivity index (χ0v) is 20.3. The molecule has 2 aromatic carbocycles. The Labute approximate surface area is 181 Å². The fourth-order valence-electron chi connectivity index (χ4n) is 2.82. The zero-order valence-electron chi connectivity index (χ0n) is 17.9. The van der Waals surface area contributed by atoms with Crippen molar-refractivity contribution >= 4 is 46.8 Å². The maximum atomic E-state index is 12.7. The molecule has 0 saturated carbocycles. The van der Waals surface area contributed by atoms with Crippen molar-refractivity contribution in [2.24, 2.45) is 8.80 Å². The third-order valence-electron chi connectivity index (χ3n) is 4.22. The number of hydrogen-bond donors (Lipinski definition) is 0. The first-order valence-electron chi connectivity index (χ1n) is 9.05. The van der Waals surface area contributed by atoms with Gasteiger partial charge in [-0.25, -0.2) is 0 Å². The minimum Gasteiger partial charge on any atom is -0.199 e. The molecule has 0 fully saturated rings. The van der Waals surface area contributed by atoms with Crippen LogP contribution in [0.15, 0.2) is 67.1 Å². The number of hydrogen-bond acceptors (Lipinski definition) is 4. The first-order chi connectivity index (χ1) is 13.8. The average Bonchev–Trinajstić information content (AvgIpc) is 2.61. The highest BCUT2D eigenvalue weighted by atomic mass is 32.2. The smallest absolute Gasteiger partial charge is 0.199 e. The molecular formula is C21H26N2O4S3. The summed E-state index contributed by atoms with van der Waals surface area (Å²) < 4.78 is 58.6. The van der Waals surface area contributed by atoms with E-state index < -0.39 is 30.5 Å². The Hall–Kier alpha value is -2.10. The Morgan fingerprint density at radius 1 is 0.667 bits per heavy atom. The molecule has 0 unspecified atom stereocenters. The highest BCUT2D eigenvalue weighted by Crippen LogP contribution is 2.18. The summed E-state index contributed by atoms with van der Waals surface area (Å²) in [4.78, 5) is 0.669. The molecule has 0 aliphatic rings. The molecule has 0 heterocycles. The van der Waals surface area contributed by atoms with Crippen molar-refractivity contribution in [1.29, 1.82) is 0 Å². The van der Waals surface area contributed by atoms with Crippen molar-refractivity contribution in [3.63, 3.8) is 0 Å². The number of rotatable bonds is 6. The van der Waals surface area contributed by atoms with E-state index in [2.05, 4.69) is 8.80 Å². The van der Waals surface area contributed by atoms with Crippen LogP contribution in [0, 0.1) is 13.8 Å². The van der Waals surface area contributed by atoms with E-state index in [1.54, 1.807) is 38.1 Å². The summed E-state index contributed by atoms with van der Waals surface area (Å²) in [6.07, 6.45) is 3.73. The molecular weight excluding hydrogens is 440 g/mol. The van der Waals surface area contributed by atoms with Gasteiger partial charge in [0.15, 0.2) is 0 Å². The molecule has 0 bridgehead atoms. The van der Waals surface area contributed by atoms with E-state index in [0.717, 1.165) is 11.1 Å². The molecule has 0 amide bonds. The third kappa shape index (κ3) is 5.96. The number of sulfonamides is 2. The second-order valence-electron chi connectivity index (χ2n) is 7.08. The van der Waals surface area contributed by atoms with Gasteiger partial charge in [0.2, 0.25) is 0 Å². The predicted octanol–water partition coefficient (Wildman–Crippen LogP) is 4.00. The van der Waals surface area contributed by atoms with Gasteiger partial charge in [0.05, 0.1) is 21.2 Å². The van der Waals surface area contributed by atoms with Gasteiger partial charge in [0.25, 0.3) is 20.0 Å². The van der Waals surface area contributed by atoms with Crippen LogP contribution in [0.4, 0.5) is 0 Å². The van der Waals surface area contributed by atoms with E-state index in [-0.39, 0.29) is 21.2 Å². The van der Waals surface area contributed by atoms with Crippen LogP contribution in [-0.4, -0.2) is 45.6 Å². The largest absolute Gasteiger partial charge is 0.282 e. The Kier molecular flexibility index (Phi) is 7.54. The van der Waals surface area contributed by atoms with Gasteiger partial charge in [0, 0.05) is 4.86 Å².